The van der Waals surface area contributed by atoms with Crippen LogP contribution in [0.15, 0.2) is 36.1 Å². The van der Waals surface area contributed by atoms with E-state index in [9.17, 15) is 4.79 Å². The Labute approximate surface area is 156 Å². The lowest BCUT2D eigenvalue weighted by molar-refractivity contribution is 0.101. The second-order valence-electron chi connectivity index (χ2n) is 5.49. The molecule has 138 valence electrons. The molecule has 0 amide bonds. The van der Waals surface area contributed by atoms with E-state index in [2.05, 4.69) is 0 Å². The fourth-order valence-corrected chi connectivity index (χ4v) is 2.68. The van der Waals surface area contributed by atoms with Crippen LogP contribution in [-0.2, 0) is 0 Å². The molecule has 0 aliphatic carbocycles. The van der Waals surface area contributed by atoms with Crippen LogP contribution in [0.3, 0.4) is 0 Å². The number of fused-ring (bicyclic) bond motifs is 1. The van der Waals surface area contributed by atoms with Crippen LogP contribution in [0.2, 0.25) is 0 Å². The highest BCUT2D eigenvalue weighted by molar-refractivity contribution is 6.14. The van der Waals surface area contributed by atoms with E-state index in [1.807, 2.05) is 6.07 Å². The first-order valence-corrected chi connectivity index (χ1v) is 7.99. The van der Waals surface area contributed by atoms with Crippen LogP contribution in [0.1, 0.15) is 15.9 Å². The van der Waals surface area contributed by atoms with Crippen molar-refractivity contribution in [3.63, 3.8) is 0 Å². The first kappa shape index (κ1) is 18.1. The number of carbonyl (C=O) groups is 1. The molecule has 0 radical (unpaired) electrons. The molecule has 1 aliphatic rings. The van der Waals surface area contributed by atoms with Gasteiger partial charge in [-0.25, -0.2) is 0 Å². The molecule has 27 heavy (non-hydrogen) atoms. The van der Waals surface area contributed by atoms with Gasteiger partial charge in [0.1, 0.15) is 23.3 Å². The highest BCUT2D eigenvalue weighted by atomic mass is 16.5. The van der Waals surface area contributed by atoms with Crippen molar-refractivity contribution in [1.82, 2.24) is 0 Å². The summed E-state index contributed by atoms with van der Waals surface area (Å²) in [5.74, 6) is 2.24. The smallest absolute Gasteiger partial charge is 0.231 e. The topological polar surface area (TPSA) is 87.0 Å². The Bertz CT molecular complexity index is 958. The summed E-state index contributed by atoms with van der Waals surface area (Å²) in [7, 11) is 4.58. The summed E-state index contributed by atoms with van der Waals surface area (Å²) in [5, 5.41) is 8.60. The van der Waals surface area contributed by atoms with E-state index in [-0.39, 0.29) is 18.1 Å². The summed E-state index contributed by atoms with van der Waals surface area (Å²) < 4.78 is 26.9. The van der Waals surface area contributed by atoms with Gasteiger partial charge in [-0.2, -0.15) is 5.26 Å². The van der Waals surface area contributed by atoms with Crippen molar-refractivity contribution in [3.8, 4) is 34.8 Å². The maximum atomic E-state index is 12.6. The summed E-state index contributed by atoms with van der Waals surface area (Å²) in [6, 6.07) is 10.1. The number of rotatable bonds is 6. The molecule has 0 atom stereocenters. The minimum absolute atomic E-state index is 0.0850. The third-order valence-corrected chi connectivity index (χ3v) is 3.97. The van der Waals surface area contributed by atoms with Gasteiger partial charge in [0, 0.05) is 17.7 Å². The summed E-state index contributed by atoms with van der Waals surface area (Å²) in [6.07, 6.45) is 1.58. The maximum absolute atomic E-state index is 12.6. The molecule has 0 spiro atoms. The van der Waals surface area contributed by atoms with Crippen LogP contribution in [0.5, 0.6) is 28.7 Å². The largest absolute Gasteiger partial charge is 0.496 e. The van der Waals surface area contributed by atoms with E-state index in [1.165, 1.54) is 21.3 Å². The van der Waals surface area contributed by atoms with Crippen molar-refractivity contribution in [1.29, 1.82) is 5.26 Å². The quantitative estimate of drug-likeness (QED) is 0.724. The average Bonchev–Trinajstić information content (AvgIpc) is 3.00. The van der Waals surface area contributed by atoms with Crippen molar-refractivity contribution < 1.29 is 28.5 Å². The zero-order chi connectivity index (χ0) is 19.4. The Kier molecular flexibility index (Phi) is 5.18. The third kappa shape index (κ3) is 3.51. The Morgan fingerprint density at radius 2 is 1.74 bits per heavy atom. The van der Waals surface area contributed by atoms with Crippen LogP contribution in [0, 0.1) is 11.3 Å². The SMILES string of the molecule is COc1cc(OC)c(OC)cc1/C=C1\Oc2cc(OCC#N)ccc2C1=O. The molecular formula is C20H17NO6. The number of benzene rings is 2. The van der Waals surface area contributed by atoms with Gasteiger partial charge in [0.2, 0.25) is 5.78 Å². The maximum Gasteiger partial charge on any atom is 0.231 e. The summed E-state index contributed by atoms with van der Waals surface area (Å²) in [5.41, 5.74) is 1.03. The Hall–Kier alpha value is -3.66. The molecular weight excluding hydrogens is 350 g/mol. The minimum Gasteiger partial charge on any atom is -0.496 e. The zero-order valence-corrected chi connectivity index (χ0v) is 15.1. The fraction of sp³-hybridized carbons (Fsp3) is 0.200. The van der Waals surface area contributed by atoms with E-state index < -0.39 is 0 Å². The van der Waals surface area contributed by atoms with Gasteiger partial charge < -0.3 is 23.7 Å². The highest BCUT2D eigenvalue weighted by Gasteiger charge is 2.28. The molecule has 1 heterocycles. The van der Waals surface area contributed by atoms with Gasteiger partial charge >= 0.3 is 0 Å². The zero-order valence-electron chi connectivity index (χ0n) is 15.1. The number of hydrogen-bond acceptors (Lipinski definition) is 7. The molecule has 7 nitrogen and oxygen atoms in total. The Morgan fingerprint density at radius 1 is 1.04 bits per heavy atom. The van der Waals surface area contributed by atoms with Gasteiger partial charge in [-0.1, -0.05) is 0 Å². The average molecular weight is 367 g/mol. The number of nitriles is 1. The summed E-state index contributed by atoms with van der Waals surface area (Å²) >= 11 is 0. The number of carbonyl (C=O) groups excluding carboxylic acids is 1. The van der Waals surface area contributed by atoms with Gasteiger partial charge in [0.15, 0.2) is 23.9 Å². The monoisotopic (exact) mass is 367 g/mol. The fourth-order valence-electron chi connectivity index (χ4n) is 2.68. The van der Waals surface area contributed by atoms with E-state index >= 15 is 0 Å². The minimum atomic E-state index is -0.256. The van der Waals surface area contributed by atoms with E-state index in [0.717, 1.165) is 0 Å². The molecule has 2 aromatic carbocycles. The van der Waals surface area contributed by atoms with Crippen molar-refractivity contribution in [2.75, 3.05) is 27.9 Å². The molecule has 1 aliphatic heterocycles. The predicted molar refractivity (Wildman–Crippen MR) is 96.6 cm³/mol. The van der Waals surface area contributed by atoms with Gasteiger partial charge in [-0.15, -0.1) is 0 Å². The normalized spacial score (nSPS) is 13.6. The lowest BCUT2D eigenvalue weighted by atomic mass is 10.1. The molecule has 0 unspecified atom stereocenters. The van der Waals surface area contributed by atoms with Crippen molar-refractivity contribution >= 4 is 11.9 Å². The number of ether oxygens (including phenoxy) is 5. The molecule has 2 aromatic rings. The van der Waals surface area contributed by atoms with Crippen LogP contribution in [-0.4, -0.2) is 33.7 Å². The molecule has 0 saturated heterocycles. The third-order valence-electron chi connectivity index (χ3n) is 3.97. The lowest BCUT2D eigenvalue weighted by Gasteiger charge is -2.12. The van der Waals surface area contributed by atoms with Crippen LogP contribution in [0.25, 0.3) is 6.08 Å². The lowest BCUT2D eigenvalue weighted by Crippen LogP contribution is -2.00. The molecule has 0 bridgehead atoms. The number of Topliss-reactive ketones (excluding diaryl/α,β-unsaturated/α-hetero) is 1. The highest BCUT2D eigenvalue weighted by Crippen LogP contribution is 2.38. The Morgan fingerprint density at radius 3 is 2.41 bits per heavy atom. The number of methoxy groups -OCH3 is 3. The van der Waals surface area contributed by atoms with Crippen molar-refractivity contribution in [2.24, 2.45) is 0 Å². The van der Waals surface area contributed by atoms with Gasteiger partial charge in [0.05, 0.1) is 26.9 Å². The van der Waals surface area contributed by atoms with Crippen LogP contribution in [0.4, 0.5) is 0 Å². The first-order chi connectivity index (χ1) is 13.1. The van der Waals surface area contributed by atoms with Gasteiger partial charge in [-0.05, 0) is 24.3 Å². The molecule has 0 saturated carbocycles. The van der Waals surface area contributed by atoms with E-state index in [0.29, 0.717) is 39.9 Å². The van der Waals surface area contributed by atoms with Gasteiger partial charge in [0.25, 0.3) is 0 Å². The number of hydrogen-bond donors (Lipinski definition) is 0. The molecule has 0 fully saturated rings. The molecule has 0 aromatic heterocycles. The first-order valence-electron chi connectivity index (χ1n) is 7.99. The molecule has 3 rings (SSSR count). The molecule has 7 heteroatoms. The van der Waals surface area contributed by atoms with E-state index in [1.54, 1.807) is 36.4 Å². The summed E-state index contributed by atoms with van der Waals surface area (Å²) in [4.78, 5) is 12.6. The summed E-state index contributed by atoms with van der Waals surface area (Å²) in [6.45, 7) is -0.0850. The molecule has 0 N–H and O–H groups in total. The Balaban J connectivity index is 1.96. The number of ketones is 1. The standard InChI is InChI=1S/C20H17NO6/c1-23-15-11-18(25-3)17(24-2)8-12(15)9-19-20(22)14-5-4-13(26-7-6-21)10-16(14)27-19/h4-5,8-11H,7H2,1-3H3/b19-9-. The second kappa shape index (κ2) is 7.70. The number of allylic oxidation sites excluding steroid dienone is 1. The van der Waals surface area contributed by atoms with Crippen molar-refractivity contribution in [2.45, 2.75) is 0 Å². The second-order valence-corrected chi connectivity index (χ2v) is 5.49. The van der Waals surface area contributed by atoms with Crippen LogP contribution >= 0.6 is 0 Å². The van der Waals surface area contributed by atoms with E-state index in [4.69, 9.17) is 28.9 Å². The van der Waals surface area contributed by atoms with Crippen molar-refractivity contribution in [3.05, 3.63) is 47.2 Å². The number of nitrogens with zero attached hydrogens (tertiary/aromatic N) is 1. The predicted octanol–water partition coefficient (Wildman–Crippen LogP) is 3.23. The van der Waals surface area contributed by atoms with Gasteiger partial charge in [-0.3, -0.25) is 4.79 Å². The van der Waals surface area contributed by atoms with Crippen LogP contribution < -0.4 is 23.7 Å².